The van der Waals surface area contributed by atoms with Crippen LogP contribution in [0.1, 0.15) is 37.1 Å². The van der Waals surface area contributed by atoms with E-state index >= 15 is 0 Å². The van der Waals surface area contributed by atoms with Crippen LogP contribution in [0.5, 0.6) is 11.5 Å². The van der Waals surface area contributed by atoms with Crippen molar-refractivity contribution in [1.29, 1.82) is 0 Å². The number of carbonyl (C=O) groups is 1. The quantitative estimate of drug-likeness (QED) is 0.763. The number of carbonyl (C=O) groups excluding carboxylic acids is 1. The number of aromatic nitrogens is 3. The Labute approximate surface area is 153 Å². The summed E-state index contributed by atoms with van der Waals surface area (Å²) in [5.74, 6) is 2.49. The van der Waals surface area contributed by atoms with Gasteiger partial charge in [-0.2, -0.15) is 5.10 Å². The Morgan fingerprint density at radius 2 is 2.00 bits per heavy atom. The SMILES string of the molecule is CCN(C)C(=O)Cn1nc(Cc2ccc(OC)c(OC)c2)nc1[C@@H](C)N. The second-order valence-corrected chi connectivity index (χ2v) is 6.11. The fourth-order valence-electron chi connectivity index (χ4n) is 2.53. The number of hydrogen-bond donors (Lipinski definition) is 1. The summed E-state index contributed by atoms with van der Waals surface area (Å²) in [6.07, 6.45) is 0.505. The molecule has 0 radical (unpaired) electrons. The smallest absolute Gasteiger partial charge is 0.244 e. The van der Waals surface area contributed by atoms with Crippen molar-refractivity contribution in [1.82, 2.24) is 19.7 Å². The number of likely N-dealkylation sites (N-methyl/N-ethyl adjacent to an activating group) is 1. The summed E-state index contributed by atoms with van der Waals surface area (Å²) < 4.78 is 12.2. The Morgan fingerprint density at radius 1 is 1.31 bits per heavy atom. The van der Waals surface area contributed by atoms with E-state index in [1.165, 1.54) is 0 Å². The Kier molecular flexibility index (Phi) is 6.57. The number of nitrogens with two attached hydrogens (primary N) is 1. The first-order valence-corrected chi connectivity index (χ1v) is 8.53. The molecule has 0 aliphatic rings. The Hall–Kier alpha value is -2.61. The van der Waals surface area contributed by atoms with Crippen molar-refractivity contribution in [3.63, 3.8) is 0 Å². The van der Waals surface area contributed by atoms with E-state index in [1.54, 1.807) is 30.8 Å². The lowest BCUT2D eigenvalue weighted by molar-refractivity contribution is -0.130. The van der Waals surface area contributed by atoms with Gasteiger partial charge in [0.2, 0.25) is 5.91 Å². The van der Waals surface area contributed by atoms with Gasteiger partial charge in [0.1, 0.15) is 12.4 Å². The van der Waals surface area contributed by atoms with Crippen LogP contribution in [0.2, 0.25) is 0 Å². The molecule has 2 rings (SSSR count). The lowest BCUT2D eigenvalue weighted by Gasteiger charge is -2.15. The van der Waals surface area contributed by atoms with Gasteiger partial charge in [-0.25, -0.2) is 9.67 Å². The third-order valence-corrected chi connectivity index (χ3v) is 4.15. The molecule has 0 saturated carbocycles. The molecular weight excluding hydrogens is 334 g/mol. The molecule has 8 heteroatoms. The molecule has 0 spiro atoms. The Balaban J connectivity index is 2.25. The third-order valence-electron chi connectivity index (χ3n) is 4.15. The highest BCUT2D eigenvalue weighted by Crippen LogP contribution is 2.28. The maximum absolute atomic E-state index is 12.2. The molecule has 1 heterocycles. The number of rotatable bonds is 8. The lowest BCUT2D eigenvalue weighted by atomic mass is 10.1. The van der Waals surface area contributed by atoms with Crippen LogP contribution >= 0.6 is 0 Å². The fraction of sp³-hybridized carbons (Fsp3) is 0.500. The molecule has 0 aliphatic carbocycles. The van der Waals surface area contributed by atoms with E-state index in [0.29, 0.717) is 36.1 Å². The van der Waals surface area contributed by atoms with Crippen LogP contribution in [0.3, 0.4) is 0 Å². The molecule has 1 aromatic carbocycles. The number of nitrogens with zero attached hydrogens (tertiary/aromatic N) is 4. The van der Waals surface area contributed by atoms with Crippen molar-refractivity contribution in [3.8, 4) is 11.5 Å². The maximum atomic E-state index is 12.2. The number of amides is 1. The van der Waals surface area contributed by atoms with E-state index < -0.39 is 0 Å². The lowest BCUT2D eigenvalue weighted by Crippen LogP contribution is -2.31. The highest BCUT2D eigenvalue weighted by Gasteiger charge is 2.18. The molecule has 1 atom stereocenters. The van der Waals surface area contributed by atoms with E-state index in [1.807, 2.05) is 32.0 Å². The van der Waals surface area contributed by atoms with Crippen LogP contribution < -0.4 is 15.2 Å². The minimum Gasteiger partial charge on any atom is -0.493 e. The van der Waals surface area contributed by atoms with Crippen molar-refractivity contribution in [2.75, 3.05) is 27.8 Å². The molecule has 8 nitrogen and oxygen atoms in total. The van der Waals surface area contributed by atoms with Crippen molar-refractivity contribution in [2.45, 2.75) is 32.9 Å². The van der Waals surface area contributed by atoms with Crippen LogP contribution in [0, 0.1) is 0 Å². The zero-order valence-electron chi connectivity index (χ0n) is 16.0. The van der Waals surface area contributed by atoms with Crippen LogP contribution in [-0.2, 0) is 17.8 Å². The molecule has 0 fully saturated rings. The number of benzene rings is 1. The fourth-order valence-corrected chi connectivity index (χ4v) is 2.53. The first kappa shape index (κ1) is 19.7. The molecule has 0 unspecified atom stereocenters. The van der Waals surface area contributed by atoms with Crippen LogP contribution in [0.25, 0.3) is 0 Å². The molecule has 1 amide bonds. The maximum Gasteiger partial charge on any atom is 0.244 e. The summed E-state index contributed by atoms with van der Waals surface area (Å²) in [7, 11) is 4.95. The van der Waals surface area contributed by atoms with Crippen molar-refractivity contribution in [3.05, 3.63) is 35.4 Å². The van der Waals surface area contributed by atoms with Gasteiger partial charge in [0.25, 0.3) is 0 Å². The molecule has 0 saturated heterocycles. The second-order valence-electron chi connectivity index (χ2n) is 6.11. The first-order valence-electron chi connectivity index (χ1n) is 8.53. The average molecular weight is 361 g/mol. The minimum atomic E-state index is -0.318. The predicted molar refractivity (Wildman–Crippen MR) is 98.3 cm³/mol. The topological polar surface area (TPSA) is 95.5 Å². The molecule has 0 aliphatic heterocycles. The normalized spacial score (nSPS) is 11.9. The van der Waals surface area contributed by atoms with Gasteiger partial charge >= 0.3 is 0 Å². The summed E-state index contributed by atoms with van der Waals surface area (Å²) in [6, 6.07) is 5.35. The van der Waals surface area contributed by atoms with Crippen LogP contribution in [0.4, 0.5) is 0 Å². The van der Waals surface area contributed by atoms with Gasteiger partial charge in [-0.15, -0.1) is 0 Å². The van der Waals surface area contributed by atoms with Gasteiger partial charge in [0.05, 0.1) is 20.3 Å². The second kappa shape index (κ2) is 8.66. The average Bonchev–Trinajstić information content (AvgIpc) is 3.03. The van der Waals surface area contributed by atoms with E-state index in [0.717, 1.165) is 5.56 Å². The molecule has 0 bridgehead atoms. The Bertz CT molecular complexity index is 757. The van der Waals surface area contributed by atoms with Gasteiger partial charge in [0, 0.05) is 20.0 Å². The van der Waals surface area contributed by atoms with Crippen molar-refractivity contribution in [2.24, 2.45) is 5.73 Å². The number of ether oxygens (including phenoxy) is 2. The number of hydrogen-bond acceptors (Lipinski definition) is 6. The van der Waals surface area contributed by atoms with Crippen molar-refractivity contribution < 1.29 is 14.3 Å². The summed E-state index contributed by atoms with van der Waals surface area (Å²) in [4.78, 5) is 18.4. The van der Waals surface area contributed by atoms with E-state index in [-0.39, 0.29) is 18.5 Å². The molecular formula is C18H27N5O3. The van der Waals surface area contributed by atoms with Gasteiger partial charge < -0.3 is 20.1 Å². The molecule has 26 heavy (non-hydrogen) atoms. The van der Waals surface area contributed by atoms with Gasteiger partial charge in [-0.3, -0.25) is 4.79 Å². The standard InChI is InChI=1S/C18H27N5O3/c1-6-22(3)17(24)11-23-18(12(2)19)20-16(21-23)10-13-7-8-14(25-4)15(9-13)26-5/h7-9,12H,6,10-11,19H2,1-5H3/t12-/m1/s1. The molecule has 2 aromatic rings. The van der Waals surface area contributed by atoms with Gasteiger partial charge in [-0.1, -0.05) is 6.07 Å². The zero-order valence-corrected chi connectivity index (χ0v) is 16.0. The number of methoxy groups -OCH3 is 2. The monoisotopic (exact) mass is 361 g/mol. The van der Waals surface area contributed by atoms with E-state index in [4.69, 9.17) is 15.2 Å². The van der Waals surface area contributed by atoms with Gasteiger partial charge in [-0.05, 0) is 31.5 Å². The minimum absolute atomic E-state index is 0.0306. The molecule has 2 N–H and O–H groups in total. The molecule has 142 valence electrons. The third kappa shape index (κ3) is 4.51. The van der Waals surface area contributed by atoms with E-state index in [2.05, 4.69) is 10.1 Å². The summed E-state index contributed by atoms with van der Waals surface area (Å²) in [5.41, 5.74) is 6.98. The van der Waals surface area contributed by atoms with Crippen LogP contribution in [-0.4, -0.2) is 53.4 Å². The van der Waals surface area contributed by atoms with Crippen LogP contribution in [0.15, 0.2) is 18.2 Å². The predicted octanol–water partition coefficient (Wildman–Crippen LogP) is 1.38. The molecule has 1 aromatic heterocycles. The summed E-state index contributed by atoms with van der Waals surface area (Å²) in [6.45, 7) is 4.52. The van der Waals surface area contributed by atoms with Crippen molar-refractivity contribution >= 4 is 5.91 Å². The first-order chi connectivity index (χ1) is 12.4. The summed E-state index contributed by atoms with van der Waals surface area (Å²) in [5, 5.41) is 4.49. The van der Waals surface area contributed by atoms with Gasteiger partial charge in [0.15, 0.2) is 17.3 Å². The van der Waals surface area contributed by atoms with E-state index in [9.17, 15) is 4.79 Å². The Morgan fingerprint density at radius 3 is 2.58 bits per heavy atom. The zero-order chi connectivity index (χ0) is 19.3. The highest BCUT2D eigenvalue weighted by molar-refractivity contribution is 5.75. The highest BCUT2D eigenvalue weighted by atomic mass is 16.5. The largest absolute Gasteiger partial charge is 0.493 e. The summed E-state index contributed by atoms with van der Waals surface area (Å²) >= 11 is 0.